The average Bonchev–Trinajstić information content (AvgIpc) is 2.43. The smallest absolute Gasteiger partial charge is 0.168 e. The van der Waals surface area contributed by atoms with Crippen molar-refractivity contribution in [1.29, 1.82) is 0 Å². The minimum Gasteiger partial charge on any atom is -0.454 e. The Balaban J connectivity index is 2.12. The van der Waals surface area contributed by atoms with E-state index in [0.717, 1.165) is 31.0 Å². The molecule has 0 radical (unpaired) electrons. The second-order valence-corrected chi connectivity index (χ2v) is 5.19. The lowest BCUT2D eigenvalue weighted by Gasteiger charge is -2.13. The largest absolute Gasteiger partial charge is 0.454 e. The van der Waals surface area contributed by atoms with E-state index in [0.29, 0.717) is 5.75 Å². The van der Waals surface area contributed by atoms with Gasteiger partial charge in [0.15, 0.2) is 11.6 Å². The van der Waals surface area contributed by atoms with Gasteiger partial charge in [0, 0.05) is 6.07 Å². The van der Waals surface area contributed by atoms with E-state index < -0.39 is 11.6 Å². The number of rotatable bonds is 6. The Morgan fingerprint density at radius 1 is 1.00 bits per heavy atom. The van der Waals surface area contributed by atoms with Crippen LogP contribution in [0.4, 0.5) is 8.78 Å². The summed E-state index contributed by atoms with van der Waals surface area (Å²) in [5.41, 5.74) is 1.02. The van der Waals surface area contributed by atoms with Crippen LogP contribution in [0.2, 0.25) is 0 Å². The number of para-hydroxylation sites is 1. The van der Waals surface area contributed by atoms with Crippen LogP contribution in [0, 0.1) is 11.6 Å². The summed E-state index contributed by atoms with van der Waals surface area (Å²) in [6.07, 6.45) is 1.83. The molecule has 0 unspecified atom stereocenters. The van der Waals surface area contributed by atoms with Crippen molar-refractivity contribution in [3.05, 3.63) is 59.7 Å². The van der Waals surface area contributed by atoms with Crippen molar-refractivity contribution in [1.82, 2.24) is 4.90 Å². The third-order valence-electron chi connectivity index (χ3n) is 3.14. The van der Waals surface area contributed by atoms with E-state index in [1.165, 1.54) is 12.1 Å². The van der Waals surface area contributed by atoms with Gasteiger partial charge in [-0.25, -0.2) is 8.78 Å². The molecule has 0 saturated carbocycles. The number of hydrogen-bond acceptors (Lipinski definition) is 2. The molecular weight excluding hydrogens is 272 g/mol. The SMILES string of the molecule is CN(C)CCCc1ccccc1Oc1ccc(F)cc1F. The zero-order valence-electron chi connectivity index (χ0n) is 12.3. The molecule has 0 fully saturated rings. The van der Waals surface area contributed by atoms with Crippen molar-refractivity contribution < 1.29 is 13.5 Å². The van der Waals surface area contributed by atoms with Gasteiger partial charge in [0.05, 0.1) is 0 Å². The van der Waals surface area contributed by atoms with Crippen LogP contribution in [0.3, 0.4) is 0 Å². The molecule has 0 atom stereocenters. The van der Waals surface area contributed by atoms with Gasteiger partial charge in [0.25, 0.3) is 0 Å². The summed E-state index contributed by atoms with van der Waals surface area (Å²) < 4.78 is 32.2. The van der Waals surface area contributed by atoms with Gasteiger partial charge >= 0.3 is 0 Å². The Bertz CT molecular complexity index is 599. The standard InChI is InChI=1S/C17H19F2NO/c1-20(2)11-5-7-13-6-3-4-8-16(13)21-17-10-9-14(18)12-15(17)19/h3-4,6,8-10,12H,5,7,11H2,1-2H3. The Morgan fingerprint density at radius 3 is 2.48 bits per heavy atom. The van der Waals surface area contributed by atoms with E-state index >= 15 is 0 Å². The normalized spacial score (nSPS) is 10.9. The molecule has 0 aliphatic carbocycles. The number of aryl methyl sites for hydroxylation is 1. The summed E-state index contributed by atoms with van der Waals surface area (Å²) in [6.45, 7) is 0.971. The molecule has 112 valence electrons. The average molecular weight is 291 g/mol. The lowest BCUT2D eigenvalue weighted by atomic mass is 10.1. The topological polar surface area (TPSA) is 12.5 Å². The third kappa shape index (κ3) is 4.53. The highest BCUT2D eigenvalue weighted by Gasteiger charge is 2.09. The van der Waals surface area contributed by atoms with E-state index in [-0.39, 0.29) is 5.75 Å². The minimum atomic E-state index is -0.696. The highest BCUT2D eigenvalue weighted by Crippen LogP contribution is 2.28. The van der Waals surface area contributed by atoms with Crippen molar-refractivity contribution in [2.75, 3.05) is 20.6 Å². The molecule has 0 aliphatic heterocycles. The zero-order valence-corrected chi connectivity index (χ0v) is 12.3. The molecule has 2 aromatic rings. The maximum atomic E-state index is 13.7. The molecule has 0 heterocycles. The molecule has 0 aliphatic rings. The Hall–Kier alpha value is -1.94. The highest BCUT2D eigenvalue weighted by atomic mass is 19.1. The van der Waals surface area contributed by atoms with E-state index in [4.69, 9.17) is 4.74 Å². The van der Waals surface area contributed by atoms with Crippen molar-refractivity contribution in [2.45, 2.75) is 12.8 Å². The molecule has 0 N–H and O–H groups in total. The van der Waals surface area contributed by atoms with Gasteiger partial charge in [0.1, 0.15) is 11.6 Å². The summed E-state index contributed by atoms with van der Waals surface area (Å²) >= 11 is 0. The fraction of sp³-hybridized carbons (Fsp3) is 0.294. The van der Waals surface area contributed by atoms with Crippen LogP contribution < -0.4 is 4.74 Å². The number of ether oxygens (including phenoxy) is 1. The van der Waals surface area contributed by atoms with Crippen LogP contribution in [0.25, 0.3) is 0 Å². The van der Waals surface area contributed by atoms with Gasteiger partial charge in [-0.3, -0.25) is 0 Å². The Kier molecular flexibility index (Phi) is 5.28. The molecular formula is C17H19F2NO. The van der Waals surface area contributed by atoms with Gasteiger partial charge in [0.2, 0.25) is 0 Å². The first-order valence-electron chi connectivity index (χ1n) is 6.92. The third-order valence-corrected chi connectivity index (χ3v) is 3.14. The van der Waals surface area contributed by atoms with Crippen LogP contribution in [-0.2, 0) is 6.42 Å². The first kappa shape index (κ1) is 15.4. The van der Waals surface area contributed by atoms with E-state index in [1.54, 1.807) is 6.07 Å². The van der Waals surface area contributed by atoms with Crippen molar-refractivity contribution in [3.63, 3.8) is 0 Å². The maximum Gasteiger partial charge on any atom is 0.168 e. The molecule has 0 saturated heterocycles. The lowest BCUT2D eigenvalue weighted by molar-refractivity contribution is 0.396. The first-order chi connectivity index (χ1) is 10.1. The van der Waals surface area contributed by atoms with Crippen LogP contribution in [0.1, 0.15) is 12.0 Å². The van der Waals surface area contributed by atoms with Crippen LogP contribution in [-0.4, -0.2) is 25.5 Å². The molecule has 2 rings (SSSR count). The molecule has 0 bridgehead atoms. The quantitative estimate of drug-likeness (QED) is 0.789. The van der Waals surface area contributed by atoms with Crippen LogP contribution >= 0.6 is 0 Å². The fourth-order valence-corrected chi connectivity index (χ4v) is 2.07. The van der Waals surface area contributed by atoms with E-state index in [9.17, 15) is 8.78 Å². The summed E-state index contributed by atoms with van der Waals surface area (Å²) in [4.78, 5) is 2.11. The van der Waals surface area contributed by atoms with Gasteiger partial charge in [-0.05, 0) is 57.2 Å². The fourth-order valence-electron chi connectivity index (χ4n) is 2.07. The molecule has 0 aromatic heterocycles. The molecule has 4 heteroatoms. The van der Waals surface area contributed by atoms with E-state index in [2.05, 4.69) is 4.90 Å². The Morgan fingerprint density at radius 2 is 1.76 bits per heavy atom. The lowest BCUT2D eigenvalue weighted by Crippen LogP contribution is -2.13. The molecule has 2 nitrogen and oxygen atoms in total. The number of halogens is 2. The summed E-state index contributed by atoms with van der Waals surface area (Å²) in [5, 5.41) is 0. The summed E-state index contributed by atoms with van der Waals surface area (Å²) in [7, 11) is 4.05. The highest BCUT2D eigenvalue weighted by molar-refractivity contribution is 5.38. The zero-order chi connectivity index (χ0) is 15.2. The summed E-state index contributed by atoms with van der Waals surface area (Å²) in [5.74, 6) is -0.657. The minimum absolute atomic E-state index is 0.0384. The second-order valence-electron chi connectivity index (χ2n) is 5.19. The van der Waals surface area contributed by atoms with Gasteiger partial charge < -0.3 is 9.64 Å². The van der Waals surface area contributed by atoms with Crippen molar-refractivity contribution in [3.8, 4) is 11.5 Å². The second kappa shape index (κ2) is 7.18. The molecule has 0 amide bonds. The maximum absolute atomic E-state index is 13.7. The number of nitrogens with zero attached hydrogens (tertiary/aromatic N) is 1. The number of hydrogen-bond donors (Lipinski definition) is 0. The van der Waals surface area contributed by atoms with Crippen molar-refractivity contribution >= 4 is 0 Å². The van der Waals surface area contributed by atoms with Crippen molar-refractivity contribution in [2.24, 2.45) is 0 Å². The predicted molar refractivity (Wildman–Crippen MR) is 79.7 cm³/mol. The first-order valence-corrected chi connectivity index (χ1v) is 6.92. The number of benzene rings is 2. The van der Waals surface area contributed by atoms with Gasteiger partial charge in [-0.15, -0.1) is 0 Å². The molecule has 21 heavy (non-hydrogen) atoms. The van der Waals surface area contributed by atoms with Gasteiger partial charge in [-0.2, -0.15) is 0 Å². The van der Waals surface area contributed by atoms with Gasteiger partial charge in [-0.1, -0.05) is 18.2 Å². The Labute approximate surface area is 124 Å². The van der Waals surface area contributed by atoms with E-state index in [1.807, 2.05) is 32.3 Å². The monoisotopic (exact) mass is 291 g/mol. The summed E-state index contributed by atoms with van der Waals surface area (Å²) in [6, 6.07) is 10.9. The van der Waals surface area contributed by atoms with Crippen LogP contribution in [0.15, 0.2) is 42.5 Å². The molecule has 0 spiro atoms. The molecule has 2 aromatic carbocycles. The van der Waals surface area contributed by atoms with Crippen LogP contribution in [0.5, 0.6) is 11.5 Å². The predicted octanol–water partition coefficient (Wildman–Crippen LogP) is 4.25.